The molecule has 2 aromatic heterocycles. The van der Waals surface area contributed by atoms with Crippen LogP contribution in [0.5, 0.6) is 0 Å². The van der Waals surface area contributed by atoms with Crippen LogP contribution in [-0.4, -0.2) is 4.98 Å². The lowest BCUT2D eigenvalue weighted by Gasteiger charge is -2.27. The van der Waals surface area contributed by atoms with Crippen molar-refractivity contribution in [2.75, 3.05) is 4.90 Å². The molecule has 0 spiro atoms. The number of fused-ring (bicyclic) bond motifs is 6. The van der Waals surface area contributed by atoms with Gasteiger partial charge in [0.05, 0.1) is 16.3 Å². The van der Waals surface area contributed by atoms with E-state index < -0.39 is 0 Å². The molecule has 0 bridgehead atoms. The predicted octanol–water partition coefficient (Wildman–Crippen LogP) is 11.4. The molecule has 4 heteroatoms. The molecule has 0 saturated heterocycles. The number of thiazole rings is 1. The van der Waals surface area contributed by atoms with Crippen LogP contribution in [0.2, 0.25) is 0 Å². The first-order chi connectivity index (χ1) is 20.3. The molecule has 0 fully saturated rings. The highest BCUT2D eigenvalue weighted by Crippen LogP contribution is 2.54. The van der Waals surface area contributed by atoms with Crippen LogP contribution in [0.15, 0.2) is 133 Å². The van der Waals surface area contributed by atoms with E-state index in [9.17, 15) is 0 Å². The maximum atomic E-state index is 5.15. The topological polar surface area (TPSA) is 16.1 Å². The van der Waals surface area contributed by atoms with Crippen LogP contribution in [0.4, 0.5) is 17.1 Å². The fraction of sp³-hybridized carbons (Fsp3) is 0. The quantitative estimate of drug-likeness (QED) is 0.214. The number of anilines is 3. The SMILES string of the molecule is c1ccc(-c2nc3c(s2)-c2cccc4c(N(c5ccccc5)c5ccc6sc7ccccc7c6c5)ccc-3c24)cc1. The van der Waals surface area contributed by atoms with E-state index in [1.807, 2.05) is 11.3 Å². The van der Waals surface area contributed by atoms with E-state index >= 15 is 0 Å². The molecule has 41 heavy (non-hydrogen) atoms. The Balaban J connectivity index is 1.26. The van der Waals surface area contributed by atoms with Gasteiger partial charge in [0.1, 0.15) is 5.01 Å². The van der Waals surface area contributed by atoms with Crippen molar-refractivity contribution < 1.29 is 0 Å². The third kappa shape index (κ3) is 3.45. The predicted molar refractivity (Wildman–Crippen MR) is 177 cm³/mol. The molecule has 2 heterocycles. The summed E-state index contributed by atoms with van der Waals surface area (Å²) in [4.78, 5) is 8.82. The molecule has 2 nitrogen and oxygen atoms in total. The van der Waals surface area contributed by atoms with Gasteiger partial charge in [-0.15, -0.1) is 22.7 Å². The van der Waals surface area contributed by atoms with E-state index in [-0.39, 0.29) is 0 Å². The molecule has 1 aliphatic carbocycles. The first-order valence-corrected chi connectivity index (χ1v) is 15.4. The number of rotatable bonds is 4. The van der Waals surface area contributed by atoms with E-state index in [0.29, 0.717) is 0 Å². The lowest BCUT2D eigenvalue weighted by Crippen LogP contribution is -2.10. The van der Waals surface area contributed by atoms with Gasteiger partial charge in [-0.25, -0.2) is 4.98 Å². The number of benzene rings is 6. The summed E-state index contributed by atoms with van der Waals surface area (Å²) < 4.78 is 2.64. The van der Waals surface area contributed by atoms with E-state index in [0.717, 1.165) is 22.1 Å². The summed E-state index contributed by atoms with van der Waals surface area (Å²) in [6.45, 7) is 0. The van der Waals surface area contributed by atoms with Gasteiger partial charge in [0.25, 0.3) is 0 Å². The van der Waals surface area contributed by atoms with Gasteiger partial charge in [-0.05, 0) is 42.5 Å². The normalized spacial score (nSPS) is 11.9. The highest BCUT2D eigenvalue weighted by atomic mass is 32.1. The van der Waals surface area contributed by atoms with Gasteiger partial charge in [-0.1, -0.05) is 91.0 Å². The van der Waals surface area contributed by atoms with Crippen molar-refractivity contribution in [3.05, 3.63) is 133 Å². The molecule has 0 N–H and O–H groups in total. The Labute approximate surface area is 245 Å². The molecule has 0 aliphatic heterocycles. The summed E-state index contributed by atoms with van der Waals surface area (Å²) in [6.07, 6.45) is 0. The molecule has 0 unspecified atom stereocenters. The van der Waals surface area contributed by atoms with Crippen molar-refractivity contribution in [2.24, 2.45) is 0 Å². The summed E-state index contributed by atoms with van der Waals surface area (Å²) >= 11 is 3.65. The minimum absolute atomic E-state index is 1.07. The van der Waals surface area contributed by atoms with Crippen molar-refractivity contribution in [1.82, 2.24) is 4.98 Å². The number of aromatic nitrogens is 1. The van der Waals surface area contributed by atoms with Gasteiger partial charge in [0.2, 0.25) is 0 Å². The Bertz CT molecular complexity index is 2230. The highest BCUT2D eigenvalue weighted by molar-refractivity contribution is 7.25. The lowest BCUT2D eigenvalue weighted by molar-refractivity contribution is 1.30. The summed E-state index contributed by atoms with van der Waals surface area (Å²) in [5.41, 5.74) is 8.25. The van der Waals surface area contributed by atoms with Crippen LogP contribution < -0.4 is 4.90 Å². The van der Waals surface area contributed by atoms with Crippen molar-refractivity contribution in [2.45, 2.75) is 0 Å². The standard InChI is InChI=1S/C37H22N2S2/c1-3-10-23(11-4-1)37-38-35-28-19-20-31(27-15-9-16-29(34(27)28)36(35)41-37)39(24-12-5-2-6-13-24)25-18-21-33-30(22-25)26-14-7-8-17-32(26)40-33/h1-22H. The summed E-state index contributed by atoms with van der Waals surface area (Å²) in [7, 11) is 0. The Morgan fingerprint density at radius 3 is 2.15 bits per heavy atom. The van der Waals surface area contributed by atoms with Gasteiger partial charge in [0.15, 0.2) is 0 Å². The van der Waals surface area contributed by atoms with E-state index in [2.05, 4.69) is 138 Å². The highest BCUT2D eigenvalue weighted by Gasteiger charge is 2.28. The minimum atomic E-state index is 1.07. The first-order valence-electron chi connectivity index (χ1n) is 13.7. The summed E-state index contributed by atoms with van der Waals surface area (Å²) in [5, 5.41) is 6.22. The van der Waals surface area contributed by atoms with Crippen LogP contribution in [0.1, 0.15) is 0 Å². The van der Waals surface area contributed by atoms with Gasteiger partial charge in [0, 0.05) is 59.0 Å². The molecular formula is C37H22N2S2. The number of thiophene rings is 1. The third-order valence-corrected chi connectivity index (χ3v) is 10.3. The molecular weight excluding hydrogens is 537 g/mol. The van der Waals surface area contributed by atoms with Gasteiger partial charge >= 0.3 is 0 Å². The molecule has 0 amide bonds. The van der Waals surface area contributed by atoms with Crippen molar-refractivity contribution in [1.29, 1.82) is 0 Å². The molecule has 1 aliphatic rings. The van der Waals surface area contributed by atoms with Crippen molar-refractivity contribution in [3.63, 3.8) is 0 Å². The van der Waals surface area contributed by atoms with E-state index in [4.69, 9.17) is 4.98 Å². The lowest BCUT2D eigenvalue weighted by atomic mass is 10.0. The zero-order chi connectivity index (χ0) is 26.9. The molecule has 0 radical (unpaired) electrons. The third-order valence-electron chi connectivity index (χ3n) is 8.04. The Hall–Kier alpha value is -4.77. The van der Waals surface area contributed by atoms with Crippen molar-refractivity contribution >= 4 is 70.7 Å². The number of para-hydroxylation sites is 1. The first kappa shape index (κ1) is 23.0. The van der Waals surface area contributed by atoms with E-state index in [1.165, 1.54) is 58.2 Å². The summed E-state index contributed by atoms with van der Waals surface area (Å²) in [5.74, 6) is 0. The zero-order valence-electron chi connectivity index (χ0n) is 21.9. The minimum Gasteiger partial charge on any atom is -0.310 e. The van der Waals surface area contributed by atoms with Crippen LogP contribution in [-0.2, 0) is 0 Å². The zero-order valence-corrected chi connectivity index (χ0v) is 23.5. The van der Waals surface area contributed by atoms with Crippen LogP contribution >= 0.6 is 22.7 Å². The largest absolute Gasteiger partial charge is 0.310 e. The smallest absolute Gasteiger partial charge is 0.124 e. The monoisotopic (exact) mass is 558 g/mol. The fourth-order valence-electron chi connectivity index (χ4n) is 6.22. The summed E-state index contributed by atoms with van der Waals surface area (Å²) in [6, 6.07) is 48.1. The molecule has 9 rings (SSSR count). The van der Waals surface area contributed by atoms with Gasteiger partial charge in [-0.3, -0.25) is 0 Å². The van der Waals surface area contributed by atoms with Crippen LogP contribution in [0.25, 0.3) is 63.2 Å². The fourth-order valence-corrected chi connectivity index (χ4v) is 8.42. The number of nitrogens with zero attached hydrogens (tertiary/aromatic N) is 2. The van der Waals surface area contributed by atoms with Crippen LogP contribution in [0.3, 0.4) is 0 Å². The molecule has 192 valence electrons. The average molecular weight is 559 g/mol. The Morgan fingerprint density at radius 1 is 0.512 bits per heavy atom. The molecule has 8 aromatic rings. The molecule has 0 saturated carbocycles. The Kier molecular flexibility index (Phi) is 4.97. The molecule has 6 aromatic carbocycles. The maximum Gasteiger partial charge on any atom is 0.124 e. The van der Waals surface area contributed by atoms with E-state index in [1.54, 1.807) is 11.3 Å². The Morgan fingerprint density at radius 2 is 1.27 bits per heavy atom. The van der Waals surface area contributed by atoms with Crippen LogP contribution in [0, 0.1) is 0 Å². The second kappa shape index (κ2) is 8.87. The van der Waals surface area contributed by atoms with Gasteiger partial charge in [-0.2, -0.15) is 0 Å². The second-order valence-corrected chi connectivity index (χ2v) is 12.5. The second-order valence-electron chi connectivity index (χ2n) is 10.4. The van der Waals surface area contributed by atoms with Crippen molar-refractivity contribution in [3.8, 4) is 32.3 Å². The average Bonchev–Trinajstić information content (AvgIpc) is 3.72. The maximum absolute atomic E-state index is 5.15. The number of hydrogen-bond donors (Lipinski definition) is 0. The van der Waals surface area contributed by atoms with Gasteiger partial charge < -0.3 is 4.90 Å². The number of hydrogen-bond acceptors (Lipinski definition) is 4. The molecule has 0 atom stereocenters.